The first-order chi connectivity index (χ1) is 12.6. The molecule has 0 aliphatic rings. The van der Waals surface area contributed by atoms with Crippen LogP contribution in [0.4, 0.5) is 17.1 Å². The average molecular weight is 346 g/mol. The average Bonchev–Trinajstić information content (AvgIpc) is 2.68. The molecule has 0 bridgehead atoms. The third kappa shape index (κ3) is 4.27. The second kappa shape index (κ2) is 7.98. The summed E-state index contributed by atoms with van der Waals surface area (Å²) in [6.45, 7) is -0.153. The fraction of sp³-hybridized carbons (Fsp3) is 0.0476. The highest BCUT2D eigenvalue weighted by Crippen LogP contribution is 2.26. The van der Waals surface area contributed by atoms with E-state index in [-0.39, 0.29) is 12.5 Å². The number of carbonyl (C=O) groups excluding carboxylic acids is 1. The van der Waals surface area contributed by atoms with Crippen molar-refractivity contribution in [1.29, 1.82) is 0 Å². The predicted molar refractivity (Wildman–Crippen MR) is 102 cm³/mol. The van der Waals surface area contributed by atoms with Gasteiger partial charge < -0.3 is 15.3 Å². The van der Waals surface area contributed by atoms with Crippen molar-refractivity contribution in [2.45, 2.75) is 0 Å². The number of hydrogen-bond donors (Lipinski definition) is 2. The minimum Gasteiger partial charge on any atom is -0.480 e. The molecule has 0 heterocycles. The zero-order valence-electron chi connectivity index (χ0n) is 14.0. The van der Waals surface area contributed by atoms with Crippen LogP contribution in [0.1, 0.15) is 10.4 Å². The van der Waals surface area contributed by atoms with Gasteiger partial charge in [0.15, 0.2) is 0 Å². The molecular formula is C21H18N2O3. The van der Waals surface area contributed by atoms with Gasteiger partial charge in [-0.25, -0.2) is 0 Å². The second-order valence-electron chi connectivity index (χ2n) is 5.68. The van der Waals surface area contributed by atoms with E-state index in [4.69, 9.17) is 0 Å². The van der Waals surface area contributed by atoms with Crippen molar-refractivity contribution < 1.29 is 14.7 Å². The summed E-state index contributed by atoms with van der Waals surface area (Å²) in [5.41, 5.74) is 2.74. The van der Waals surface area contributed by atoms with Crippen LogP contribution >= 0.6 is 0 Å². The highest BCUT2D eigenvalue weighted by molar-refractivity contribution is 6.04. The number of rotatable bonds is 6. The molecule has 0 unspecified atom stereocenters. The monoisotopic (exact) mass is 346 g/mol. The van der Waals surface area contributed by atoms with Gasteiger partial charge in [0, 0.05) is 22.6 Å². The van der Waals surface area contributed by atoms with Crippen LogP contribution in [0.2, 0.25) is 0 Å². The molecule has 2 N–H and O–H groups in total. The number of nitrogens with one attached hydrogen (secondary N) is 1. The predicted octanol–water partition coefficient (Wildman–Crippen LogP) is 4.16. The van der Waals surface area contributed by atoms with Gasteiger partial charge in [-0.1, -0.05) is 36.4 Å². The van der Waals surface area contributed by atoms with E-state index in [1.54, 1.807) is 41.3 Å². The summed E-state index contributed by atoms with van der Waals surface area (Å²) in [7, 11) is 0. The molecule has 130 valence electrons. The maximum atomic E-state index is 12.2. The topological polar surface area (TPSA) is 69.6 Å². The molecule has 0 atom stereocenters. The first-order valence-corrected chi connectivity index (χ1v) is 8.14. The van der Waals surface area contributed by atoms with Crippen LogP contribution in [-0.2, 0) is 4.79 Å². The van der Waals surface area contributed by atoms with Crippen LogP contribution in [0.5, 0.6) is 0 Å². The van der Waals surface area contributed by atoms with E-state index in [0.29, 0.717) is 11.3 Å². The van der Waals surface area contributed by atoms with Gasteiger partial charge in [-0.05, 0) is 48.5 Å². The smallest absolute Gasteiger partial charge is 0.323 e. The molecule has 0 radical (unpaired) electrons. The quantitative estimate of drug-likeness (QED) is 0.703. The fourth-order valence-corrected chi connectivity index (χ4v) is 2.59. The summed E-state index contributed by atoms with van der Waals surface area (Å²) in [4.78, 5) is 25.1. The standard InChI is InChI=1S/C21H18N2O3/c24-20(25)15-23(18-9-5-2-6-10-18)19-13-11-17(12-14-19)22-21(26)16-7-3-1-4-8-16/h1-14H,15H2,(H,22,26)(H,24,25). The van der Waals surface area contributed by atoms with Gasteiger partial charge in [-0.3, -0.25) is 9.59 Å². The van der Waals surface area contributed by atoms with Crippen molar-refractivity contribution in [2.75, 3.05) is 16.8 Å². The molecule has 1 amide bonds. The summed E-state index contributed by atoms with van der Waals surface area (Å²) < 4.78 is 0. The first-order valence-electron chi connectivity index (χ1n) is 8.14. The molecule has 0 saturated heterocycles. The zero-order chi connectivity index (χ0) is 18.4. The van der Waals surface area contributed by atoms with E-state index in [1.807, 2.05) is 48.5 Å². The largest absolute Gasteiger partial charge is 0.480 e. The Hall–Kier alpha value is -3.60. The van der Waals surface area contributed by atoms with Crippen LogP contribution in [-0.4, -0.2) is 23.5 Å². The molecule has 0 spiro atoms. The highest BCUT2D eigenvalue weighted by atomic mass is 16.4. The zero-order valence-corrected chi connectivity index (χ0v) is 14.0. The SMILES string of the molecule is O=C(O)CN(c1ccccc1)c1ccc(NC(=O)c2ccccc2)cc1. The van der Waals surface area contributed by atoms with Crippen molar-refractivity contribution in [3.05, 3.63) is 90.5 Å². The maximum Gasteiger partial charge on any atom is 0.323 e. The number of anilines is 3. The number of hydrogen-bond acceptors (Lipinski definition) is 3. The second-order valence-corrected chi connectivity index (χ2v) is 5.68. The van der Waals surface area contributed by atoms with E-state index in [0.717, 1.165) is 11.4 Å². The van der Waals surface area contributed by atoms with Crippen LogP contribution < -0.4 is 10.2 Å². The Morgan fingerprint density at radius 1 is 0.769 bits per heavy atom. The third-order valence-corrected chi connectivity index (χ3v) is 3.83. The van der Waals surface area contributed by atoms with Gasteiger partial charge in [0.2, 0.25) is 0 Å². The Bertz CT molecular complexity index is 878. The van der Waals surface area contributed by atoms with Gasteiger partial charge in [-0.2, -0.15) is 0 Å². The van der Waals surface area contributed by atoms with Gasteiger partial charge in [0.05, 0.1) is 0 Å². The van der Waals surface area contributed by atoms with Crippen LogP contribution in [0.3, 0.4) is 0 Å². The van der Waals surface area contributed by atoms with Gasteiger partial charge >= 0.3 is 5.97 Å². The molecule has 0 fully saturated rings. The molecule has 3 aromatic carbocycles. The molecule has 26 heavy (non-hydrogen) atoms. The molecule has 5 heteroatoms. The van der Waals surface area contributed by atoms with Crippen molar-refractivity contribution in [3.63, 3.8) is 0 Å². The normalized spacial score (nSPS) is 10.2. The lowest BCUT2D eigenvalue weighted by molar-refractivity contribution is -0.135. The number of amides is 1. The van der Waals surface area contributed by atoms with Crippen LogP contribution in [0.25, 0.3) is 0 Å². The maximum absolute atomic E-state index is 12.2. The lowest BCUT2D eigenvalue weighted by Gasteiger charge is -2.23. The molecule has 0 aromatic heterocycles. The molecule has 3 rings (SSSR count). The molecule has 0 aliphatic carbocycles. The van der Waals surface area contributed by atoms with Crippen molar-refractivity contribution in [3.8, 4) is 0 Å². The Balaban J connectivity index is 1.78. The summed E-state index contributed by atoms with van der Waals surface area (Å²) in [6.07, 6.45) is 0. The number of carboxylic acids is 1. The Morgan fingerprint density at radius 3 is 1.88 bits per heavy atom. The Morgan fingerprint density at radius 2 is 1.31 bits per heavy atom. The van der Waals surface area contributed by atoms with Crippen LogP contribution in [0.15, 0.2) is 84.9 Å². The highest BCUT2D eigenvalue weighted by Gasteiger charge is 2.13. The molecule has 3 aromatic rings. The Kier molecular flexibility index (Phi) is 5.29. The first kappa shape index (κ1) is 17.2. The van der Waals surface area contributed by atoms with E-state index in [9.17, 15) is 14.7 Å². The summed E-state index contributed by atoms with van der Waals surface area (Å²) >= 11 is 0. The van der Waals surface area contributed by atoms with Gasteiger partial charge in [-0.15, -0.1) is 0 Å². The summed E-state index contributed by atoms with van der Waals surface area (Å²) in [5.74, 6) is -1.11. The van der Waals surface area contributed by atoms with Crippen LogP contribution in [0, 0.1) is 0 Å². The number of nitrogens with zero attached hydrogens (tertiary/aromatic N) is 1. The van der Waals surface area contributed by atoms with Gasteiger partial charge in [0.1, 0.15) is 6.54 Å². The number of para-hydroxylation sites is 1. The molecule has 5 nitrogen and oxygen atoms in total. The summed E-state index contributed by atoms with van der Waals surface area (Å²) in [5, 5.41) is 12.0. The van der Waals surface area contributed by atoms with E-state index in [2.05, 4.69) is 5.32 Å². The Labute approximate surface area is 151 Å². The van der Waals surface area contributed by atoms with Crippen molar-refractivity contribution in [1.82, 2.24) is 0 Å². The molecule has 0 saturated carbocycles. The lowest BCUT2D eigenvalue weighted by atomic mass is 10.2. The number of benzene rings is 3. The van der Waals surface area contributed by atoms with E-state index < -0.39 is 5.97 Å². The molecular weight excluding hydrogens is 328 g/mol. The van der Waals surface area contributed by atoms with Crippen molar-refractivity contribution >= 4 is 28.9 Å². The number of carbonyl (C=O) groups is 2. The minimum atomic E-state index is -0.921. The third-order valence-electron chi connectivity index (χ3n) is 3.83. The van der Waals surface area contributed by atoms with E-state index >= 15 is 0 Å². The van der Waals surface area contributed by atoms with E-state index in [1.165, 1.54) is 0 Å². The molecule has 0 aliphatic heterocycles. The number of aliphatic carboxylic acids is 1. The fourth-order valence-electron chi connectivity index (χ4n) is 2.59. The van der Waals surface area contributed by atoms with Crippen molar-refractivity contribution in [2.24, 2.45) is 0 Å². The summed E-state index contributed by atoms with van der Waals surface area (Å²) in [6, 6.07) is 25.4. The number of carboxylic acid groups (broad SMARTS) is 1. The minimum absolute atomic E-state index is 0.153. The lowest BCUT2D eigenvalue weighted by Crippen LogP contribution is -2.24. The van der Waals surface area contributed by atoms with Gasteiger partial charge in [0.25, 0.3) is 5.91 Å².